The standard InChI is InChI=1S/C14H16BrNS/c1-16-10-11(9-12-5-4-8-17-12)13-6-2-3-7-14(13)15/h2-8,11,16H,9-10H2,1H3. The highest BCUT2D eigenvalue weighted by Gasteiger charge is 2.14. The lowest BCUT2D eigenvalue weighted by atomic mass is 9.95. The van der Waals surface area contributed by atoms with Gasteiger partial charge in [-0.3, -0.25) is 0 Å². The molecule has 1 nitrogen and oxygen atoms in total. The van der Waals surface area contributed by atoms with Gasteiger partial charge in [0.1, 0.15) is 0 Å². The molecule has 1 unspecified atom stereocenters. The van der Waals surface area contributed by atoms with Crippen LogP contribution in [0.5, 0.6) is 0 Å². The number of nitrogens with one attached hydrogen (secondary N) is 1. The van der Waals surface area contributed by atoms with Crippen molar-refractivity contribution in [2.24, 2.45) is 0 Å². The maximum Gasteiger partial charge on any atom is 0.0210 e. The van der Waals surface area contributed by atoms with Crippen molar-refractivity contribution in [1.29, 1.82) is 0 Å². The van der Waals surface area contributed by atoms with Gasteiger partial charge in [-0.25, -0.2) is 0 Å². The van der Waals surface area contributed by atoms with Gasteiger partial charge in [-0.2, -0.15) is 0 Å². The van der Waals surface area contributed by atoms with Crippen LogP contribution < -0.4 is 5.32 Å². The summed E-state index contributed by atoms with van der Waals surface area (Å²) in [5.41, 5.74) is 1.38. The summed E-state index contributed by atoms with van der Waals surface area (Å²) in [4.78, 5) is 1.45. The van der Waals surface area contributed by atoms with Crippen molar-refractivity contribution >= 4 is 27.3 Å². The molecule has 0 fully saturated rings. The first-order valence-electron chi connectivity index (χ1n) is 5.72. The van der Waals surface area contributed by atoms with E-state index in [1.54, 1.807) is 0 Å². The molecule has 0 saturated carbocycles. The van der Waals surface area contributed by atoms with E-state index in [1.807, 2.05) is 18.4 Å². The van der Waals surface area contributed by atoms with Crippen LogP contribution in [0.15, 0.2) is 46.3 Å². The van der Waals surface area contributed by atoms with Gasteiger partial charge in [0.25, 0.3) is 0 Å². The quantitative estimate of drug-likeness (QED) is 0.878. The van der Waals surface area contributed by atoms with Gasteiger partial charge in [-0.15, -0.1) is 11.3 Å². The SMILES string of the molecule is CNCC(Cc1cccs1)c1ccccc1Br. The minimum absolute atomic E-state index is 0.522. The second kappa shape index (κ2) is 6.34. The molecule has 0 aliphatic heterocycles. The maximum atomic E-state index is 3.65. The van der Waals surface area contributed by atoms with E-state index in [0.29, 0.717) is 5.92 Å². The van der Waals surface area contributed by atoms with E-state index in [1.165, 1.54) is 14.9 Å². The zero-order valence-electron chi connectivity index (χ0n) is 9.82. The molecule has 1 aromatic carbocycles. The molecule has 0 aliphatic carbocycles. The van der Waals surface area contributed by atoms with Gasteiger partial charge in [0.05, 0.1) is 0 Å². The molecule has 0 aliphatic rings. The maximum absolute atomic E-state index is 3.65. The van der Waals surface area contributed by atoms with Crippen LogP contribution in [-0.4, -0.2) is 13.6 Å². The zero-order chi connectivity index (χ0) is 12.1. The molecular formula is C14H16BrNS. The summed E-state index contributed by atoms with van der Waals surface area (Å²) < 4.78 is 1.21. The minimum Gasteiger partial charge on any atom is -0.319 e. The molecule has 0 saturated heterocycles. The van der Waals surface area contributed by atoms with Gasteiger partial charge in [0.15, 0.2) is 0 Å². The molecular weight excluding hydrogens is 294 g/mol. The molecule has 0 radical (unpaired) electrons. The third-order valence-corrected chi connectivity index (χ3v) is 4.44. The van der Waals surface area contributed by atoms with Gasteiger partial charge >= 0.3 is 0 Å². The van der Waals surface area contributed by atoms with Gasteiger partial charge < -0.3 is 5.32 Å². The predicted octanol–water partition coefficient (Wildman–Crippen LogP) is 4.06. The number of thiophene rings is 1. The molecule has 2 aromatic rings. The van der Waals surface area contributed by atoms with Crippen LogP contribution in [0, 0.1) is 0 Å². The Kier molecular flexibility index (Phi) is 4.77. The van der Waals surface area contributed by atoms with E-state index in [0.717, 1.165) is 13.0 Å². The molecule has 17 heavy (non-hydrogen) atoms. The van der Waals surface area contributed by atoms with Crippen LogP contribution in [0.1, 0.15) is 16.4 Å². The molecule has 3 heteroatoms. The summed E-state index contributed by atoms with van der Waals surface area (Å²) in [6, 6.07) is 12.8. The number of hydrogen-bond donors (Lipinski definition) is 1. The Morgan fingerprint density at radius 3 is 2.71 bits per heavy atom. The van der Waals surface area contributed by atoms with Gasteiger partial charge in [0.2, 0.25) is 0 Å². The highest BCUT2D eigenvalue weighted by molar-refractivity contribution is 9.10. The first kappa shape index (κ1) is 12.8. The number of benzene rings is 1. The highest BCUT2D eigenvalue weighted by atomic mass is 79.9. The minimum atomic E-state index is 0.522. The van der Waals surface area contributed by atoms with Gasteiger partial charge in [0, 0.05) is 21.8 Å². The third kappa shape index (κ3) is 3.41. The van der Waals surface area contributed by atoms with E-state index in [4.69, 9.17) is 0 Å². The Labute approximate surface area is 115 Å². The first-order valence-corrected chi connectivity index (χ1v) is 7.40. The molecule has 2 rings (SSSR count). The van der Waals surface area contributed by atoms with Crippen LogP contribution in [0.4, 0.5) is 0 Å². The Morgan fingerprint density at radius 1 is 1.24 bits per heavy atom. The Balaban J connectivity index is 2.20. The normalized spacial score (nSPS) is 12.6. The summed E-state index contributed by atoms with van der Waals surface area (Å²) >= 11 is 5.48. The van der Waals surface area contributed by atoms with E-state index >= 15 is 0 Å². The molecule has 1 aromatic heterocycles. The zero-order valence-corrected chi connectivity index (χ0v) is 12.2. The van der Waals surface area contributed by atoms with Crippen LogP contribution in [0.2, 0.25) is 0 Å². The van der Waals surface area contributed by atoms with Crippen LogP contribution >= 0.6 is 27.3 Å². The Bertz CT molecular complexity index is 453. The number of hydrogen-bond acceptors (Lipinski definition) is 2. The second-order valence-corrected chi connectivity index (χ2v) is 5.95. The van der Waals surface area contributed by atoms with E-state index in [2.05, 4.69) is 63.0 Å². The lowest BCUT2D eigenvalue weighted by Crippen LogP contribution is -2.19. The lowest BCUT2D eigenvalue weighted by molar-refractivity contribution is 0.628. The number of rotatable bonds is 5. The average molecular weight is 310 g/mol. The summed E-state index contributed by atoms with van der Waals surface area (Å²) in [6.07, 6.45) is 1.10. The Hall–Kier alpha value is -0.640. The summed E-state index contributed by atoms with van der Waals surface area (Å²) in [7, 11) is 2.01. The number of likely N-dealkylation sites (N-methyl/N-ethyl adjacent to an activating group) is 1. The molecule has 0 spiro atoms. The van der Waals surface area contributed by atoms with Crippen molar-refractivity contribution < 1.29 is 0 Å². The van der Waals surface area contributed by atoms with Gasteiger partial charge in [-0.05, 0) is 36.5 Å². The number of halogens is 1. The van der Waals surface area contributed by atoms with Crippen molar-refractivity contribution in [2.75, 3.05) is 13.6 Å². The van der Waals surface area contributed by atoms with Crippen LogP contribution in [0.3, 0.4) is 0 Å². The third-order valence-electron chi connectivity index (χ3n) is 2.82. The lowest BCUT2D eigenvalue weighted by Gasteiger charge is -2.17. The summed E-state index contributed by atoms with van der Waals surface area (Å²) in [5, 5.41) is 5.43. The molecule has 1 N–H and O–H groups in total. The molecule has 1 atom stereocenters. The fourth-order valence-corrected chi connectivity index (χ4v) is 3.41. The smallest absolute Gasteiger partial charge is 0.0210 e. The molecule has 0 bridgehead atoms. The fourth-order valence-electron chi connectivity index (χ4n) is 2.02. The fraction of sp³-hybridized carbons (Fsp3) is 0.286. The first-order chi connectivity index (χ1) is 8.31. The van der Waals surface area contributed by atoms with E-state index < -0.39 is 0 Å². The van der Waals surface area contributed by atoms with Crippen molar-refractivity contribution in [3.63, 3.8) is 0 Å². The van der Waals surface area contributed by atoms with Crippen molar-refractivity contribution in [3.05, 3.63) is 56.7 Å². The largest absolute Gasteiger partial charge is 0.319 e. The summed E-state index contributed by atoms with van der Waals surface area (Å²) in [5.74, 6) is 0.522. The van der Waals surface area contributed by atoms with E-state index in [9.17, 15) is 0 Å². The molecule has 0 amide bonds. The Morgan fingerprint density at radius 2 is 2.06 bits per heavy atom. The second-order valence-electron chi connectivity index (χ2n) is 4.06. The predicted molar refractivity (Wildman–Crippen MR) is 78.8 cm³/mol. The van der Waals surface area contributed by atoms with Crippen LogP contribution in [0.25, 0.3) is 0 Å². The average Bonchev–Trinajstić information content (AvgIpc) is 2.82. The van der Waals surface area contributed by atoms with Crippen LogP contribution in [-0.2, 0) is 6.42 Å². The van der Waals surface area contributed by atoms with Crippen molar-refractivity contribution in [3.8, 4) is 0 Å². The molecule has 1 heterocycles. The molecule has 90 valence electrons. The van der Waals surface area contributed by atoms with Crippen molar-refractivity contribution in [2.45, 2.75) is 12.3 Å². The monoisotopic (exact) mass is 309 g/mol. The highest BCUT2D eigenvalue weighted by Crippen LogP contribution is 2.28. The van der Waals surface area contributed by atoms with Gasteiger partial charge in [-0.1, -0.05) is 40.2 Å². The summed E-state index contributed by atoms with van der Waals surface area (Å²) in [6.45, 7) is 1.00. The topological polar surface area (TPSA) is 12.0 Å². The van der Waals surface area contributed by atoms with E-state index in [-0.39, 0.29) is 0 Å². The van der Waals surface area contributed by atoms with Crippen molar-refractivity contribution in [1.82, 2.24) is 5.32 Å².